The molecule has 0 saturated heterocycles. The number of nitrogens with zero attached hydrogens (tertiary/aromatic N) is 2. The first-order valence-electron chi connectivity index (χ1n) is 4.90. The Balaban J connectivity index is 2.51. The van der Waals surface area contributed by atoms with Crippen LogP contribution >= 0.6 is 0 Å². The molecule has 0 aliphatic heterocycles. The van der Waals surface area contributed by atoms with Gasteiger partial charge in [0, 0.05) is 11.9 Å². The minimum absolute atomic E-state index is 0.438. The molecule has 4 nitrogen and oxygen atoms in total. The first-order valence-corrected chi connectivity index (χ1v) is 4.90. The van der Waals surface area contributed by atoms with Crippen LogP contribution in [0.1, 0.15) is 12.1 Å². The van der Waals surface area contributed by atoms with Crippen LogP contribution in [0.15, 0.2) is 24.4 Å². The van der Waals surface area contributed by atoms with Crippen molar-refractivity contribution in [2.24, 2.45) is 0 Å². The highest BCUT2D eigenvalue weighted by molar-refractivity contribution is 5.73. The van der Waals surface area contributed by atoms with E-state index in [2.05, 4.69) is 4.98 Å². The lowest BCUT2D eigenvalue weighted by Crippen LogP contribution is -2.36. The fourth-order valence-corrected chi connectivity index (χ4v) is 1.43. The number of hydrogen-bond donors (Lipinski definition) is 1. The molecule has 0 amide bonds. The van der Waals surface area contributed by atoms with Gasteiger partial charge in [-0.1, -0.05) is 6.07 Å². The number of aliphatic carboxylic acids is 1. The first kappa shape index (κ1) is 11.7. The van der Waals surface area contributed by atoms with Gasteiger partial charge < -0.3 is 5.11 Å². The van der Waals surface area contributed by atoms with Crippen molar-refractivity contribution in [1.82, 2.24) is 9.88 Å². The summed E-state index contributed by atoms with van der Waals surface area (Å²) in [6.45, 7) is 0. The number of rotatable bonds is 5. The lowest BCUT2D eigenvalue weighted by atomic mass is 10.1. The molecule has 1 unspecified atom stereocenters. The van der Waals surface area contributed by atoms with Crippen LogP contribution in [0.25, 0.3) is 0 Å². The van der Waals surface area contributed by atoms with Crippen molar-refractivity contribution in [3.63, 3.8) is 0 Å². The van der Waals surface area contributed by atoms with Crippen LogP contribution in [0.2, 0.25) is 0 Å². The predicted octanol–water partition coefficient (Wildman–Crippen LogP) is 1.03. The zero-order chi connectivity index (χ0) is 11.3. The topological polar surface area (TPSA) is 53.4 Å². The second-order valence-electron chi connectivity index (χ2n) is 3.68. The van der Waals surface area contributed by atoms with Gasteiger partial charge in [-0.25, -0.2) is 0 Å². The number of carboxylic acids is 1. The molecule has 0 aliphatic carbocycles. The minimum Gasteiger partial charge on any atom is -0.480 e. The van der Waals surface area contributed by atoms with Crippen molar-refractivity contribution < 1.29 is 9.90 Å². The molecule has 0 bridgehead atoms. The van der Waals surface area contributed by atoms with Gasteiger partial charge >= 0.3 is 5.97 Å². The molecule has 82 valence electrons. The van der Waals surface area contributed by atoms with Gasteiger partial charge in [0.1, 0.15) is 6.04 Å². The molecule has 0 fully saturated rings. The minimum atomic E-state index is -0.782. The zero-order valence-corrected chi connectivity index (χ0v) is 9.05. The molecule has 15 heavy (non-hydrogen) atoms. The van der Waals surface area contributed by atoms with E-state index in [0.717, 1.165) is 5.69 Å². The van der Waals surface area contributed by atoms with Crippen LogP contribution in [0.3, 0.4) is 0 Å². The van der Waals surface area contributed by atoms with Gasteiger partial charge in [0.05, 0.1) is 0 Å². The maximum atomic E-state index is 10.9. The molecule has 0 aromatic carbocycles. The van der Waals surface area contributed by atoms with E-state index in [9.17, 15) is 4.79 Å². The quantitative estimate of drug-likeness (QED) is 0.785. The maximum Gasteiger partial charge on any atom is 0.320 e. The maximum absolute atomic E-state index is 10.9. The van der Waals surface area contributed by atoms with Gasteiger partial charge in [-0.15, -0.1) is 0 Å². The molecule has 0 radical (unpaired) electrons. The molecule has 4 heteroatoms. The van der Waals surface area contributed by atoms with E-state index in [1.807, 2.05) is 18.2 Å². The average molecular weight is 208 g/mol. The van der Waals surface area contributed by atoms with Gasteiger partial charge in [-0.2, -0.15) is 0 Å². The van der Waals surface area contributed by atoms with E-state index in [1.54, 1.807) is 25.2 Å². The molecular weight excluding hydrogens is 192 g/mol. The Morgan fingerprint density at radius 1 is 1.53 bits per heavy atom. The van der Waals surface area contributed by atoms with Gasteiger partial charge in [0.2, 0.25) is 0 Å². The molecule has 1 N–H and O–H groups in total. The summed E-state index contributed by atoms with van der Waals surface area (Å²) in [4.78, 5) is 16.8. The molecule has 0 aliphatic rings. The molecule has 0 spiro atoms. The summed E-state index contributed by atoms with van der Waals surface area (Å²) in [5.41, 5.74) is 0.936. The lowest BCUT2D eigenvalue weighted by molar-refractivity contribution is -0.142. The van der Waals surface area contributed by atoms with Gasteiger partial charge in [-0.05, 0) is 39.1 Å². The summed E-state index contributed by atoms with van der Waals surface area (Å²) >= 11 is 0. The predicted molar refractivity (Wildman–Crippen MR) is 57.7 cm³/mol. The van der Waals surface area contributed by atoms with Crippen molar-refractivity contribution in [1.29, 1.82) is 0 Å². The van der Waals surface area contributed by atoms with Crippen molar-refractivity contribution in [3.05, 3.63) is 30.1 Å². The average Bonchev–Trinajstić information content (AvgIpc) is 2.18. The third-order valence-corrected chi connectivity index (χ3v) is 2.31. The van der Waals surface area contributed by atoms with E-state index in [0.29, 0.717) is 12.8 Å². The summed E-state index contributed by atoms with van der Waals surface area (Å²) in [5, 5.41) is 8.96. The van der Waals surface area contributed by atoms with Gasteiger partial charge in [-0.3, -0.25) is 14.7 Å². The Bertz CT molecular complexity index is 312. The third-order valence-electron chi connectivity index (χ3n) is 2.31. The smallest absolute Gasteiger partial charge is 0.320 e. The second-order valence-corrected chi connectivity index (χ2v) is 3.68. The SMILES string of the molecule is CN(C)C(CCc1ccccn1)C(=O)O. The van der Waals surface area contributed by atoms with E-state index in [1.165, 1.54) is 0 Å². The van der Waals surface area contributed by atoms with Crippen molar-refractivity contribution >= 4 is 5.97 Å². The summed E-state index contributed by atoms with van der Waals surface area (Å²) in [7, 11) is 3.55. The molecule has 0 saturated carbocycles. The van der Waals surface area contributed by atoms with E-state index < -0.39 is 12.0 Å². The molecule has 1 heterocycles. The highest BCUT2D eigenvalue weighted by Gasteiger charge is 2.19. The van der Waals surface area contributed by atoms with E-state index in [4.69, 9.17) is 5.11 Å². The van der Waals surface area contributed by atoms with Crippen LogP contribution < -0.4 is 0 Å². The number of aromatic nitrogens is 1. The normalized spacial score (nSPS) is 12.7. The highest BCUT2D eigenvalue weighted by Crippen LogP contribution is 2.06. The second kappa shape index (κ2) is 5.46. The zero-order valence-electron chi connectivity index (χ0n) is 9.05. The molecule has 1 rings (SSSR count). The van der Waals surface area contributed by atoms with E-state index in [-0.39, 0.29) is 0 Å². The monoisotopic (exact) mass is 208 g/mol. The van der Waals surface area contributed by atoms with E-state index >= 15 is 0 Å². The number of aryl methyl sites for hydroxylation is 1. The number of carbonyl (C=O) groups is 1. The van der Waals surface area contributed by atoms with Crippen LogP contribution in [-0.4, -0.2) is 41.1 Å². The van der Waals surface area contributed by atoms with Crippen LogP contribution in [0.4, 0.5) is 0 Å². The standard InChI is InChI=1S/C11H16N2O2/c1-13(2)10(11(14)15)7-6-9-5-3-4-8-12-9/h3-5,8,10H,6-7H2,1-2H3,(H,14,15). The third kappa shape index (κ3) is 3.67. The Morgan fingerprint density at radius 2 is 2.27 bits per heavy atom. The number of hydrogen-bond acceptors (Lipinski definition) is 3. The molecule has 1 aromatic heterocycles. The van der Waals surface area contributed by atoms with Crippen molar-refractivity contribution in [2.75, 3.05) is 14.1 Å². The Hall–Kier alpha value is -1.42. The Kier molecular flexibility index (Phi) is 4.24. The van der Waals surface area contributed by atoms with Gasteiger partial charge in [0.25, 0.3) is 0 Å². The summed E-state index contributed by atoms with van der Waals surface area (Å²) in [6, 6.07) is 5.24. The summed E-state index contributed by atoms with van der Waals surface area (Å²) < 4.78 is 0. The number of pyridine rings is 1. The van der Waals surface area contributed by atoms with Crippen LogP contribution in [0, 0.1) is 0 Å². The molecular formula is C11H16N2O2. The molecule has 1 atom stereocenters. The summed E-state index contributed by atoms with van der Waals surface area (Å²) in [6.07, 6.45) is 3.00. The number of carboxylic acid groups (broad SMARTS) is 1. The Morgan fingerprint density at radius 3 is 2.73 bits per heavy atom. The fraction of sp³-hybridized carbons (Fsp3) is 0.455. The first-order chi connectivity index (χ1) is 7.11. The van der Waals surface area contributed by atoms with Crippen LogP contribution in [-0.2, 0) is 11.2 Å². The number of likely N-dealkylation sites (N-methyl/N-ethyl adjacent to an activating group) is 1. The Labute approximate surface area is 89.6 Å². The van der Waals surface area contributed by atoms with Crippen molar-refractivity contribution in [2.45, 2.75) is 18.9 Å². The molecule has 1 aromatic rings. The highest BCUT2D eigenvalue weighted by atomic mass is 16.4. The summed E-state index contributed by atoms with van der Waals surface area (Å²) in [5.74, 6) is -0.782. The largest absolute Gasteiger partial charge is 0.480 e. The van der Waals surface area contributed by atoms with Crippen molar-refractivity contribution in [3.8, 4) is 0 Å². The van der Waals surface area contributed by atoms with Crippen LogP contribution in [0.5, 0.6) is 0 Å². The van der Waals surface area contributed by atoms with Gasteiger partial charge in [0.15, 0.2) is 0 Å². The fourth-order valence-electron chi connectivity index (χ4n) is 1.43. The lowest BCUT2D eigenvalue weighted by Gasteiger charge is -2.19.